The number of aromatic amines is 1. The van der Waals surface area contributed by atoms with Gasteiger partial charge in [-0.2, -0.15) is 0 Å². The van der Waals surface area contributed by atoms with Crippen LogP contribution in [0.25, 0.3) is 10.8 Å². The molecule has 0 amide bonds. The Labute approximate surface area is 108 Å². The van der Waals surface area contributed by atoms with Crippen LogP contribution < -0.4 is 10.9 Å². The van der Waals surface area contributed by atoms with E-state index in [9.17, 15) is 4.79 Å². The quantitative estimate of drug-likeness (QED) is 0.756. The molecular formula is C14H12N2OS. The first-order valence-corrected chi connectivity index (χ1v) is 6.59. The van der Waals surface area contributed by atoms with E-state index in [1.54, 1.807) is 11.3 Å². The first-order valence-electron chi connectivity index (χ1n) is 5.71. The third-order valence-electron chi connectivity index (χ3n) is 2.79. The van der Waals surface area contributed by atoms with Crippen LogP contribution in [0.15, 0.2) is 52.6 Å². The summed E-state index contributed by atoms with van der Waals surface area (Å²) in [6, 6.07) is 13.6. The molecule has 2 N–H and O–H groups in total. The highest BCUT2D eigenvalue weighted by molar-refractivity contribution is 7.09. The van der Waals surface area contributed by atoms with E-state index < -0.39 is 0 Å². The molecule has 0 spiro atoms. The van der Waals surface area contributed by atoms with E-state index in [0.717, 1.165) is 23.1 Å². The van der Waals surface area contributed by atoms with Gasteiger partial charge in [-0.15, -0.1) is 11.3 Å². The van der Waals surface area contributed by atoms with Gasteiger partial charge >= 0.3 is 0 Å². The largest absolute Gasteiger partial charge is 0.367 e. The number of pyridine rings is 1. The van der Waals surface area contributed by atoms with E-state index in [4.69, 9.17) is 0 Å². The smallest absolute Gasteiger partial charge is 0.257 e. The van der Waals surface area contributed by atoms with E-state index in [2.05, 4.69) is 16.4 Å². The molecule has 1 aromatic carbocycles. The van der Waals surface area contributed by atoms with Crippen molar-refractivity contribution in [3.63, 3.8) is 0 Å². The minimum Gasteiger partial charge on any atom is -0.367 e. The molecule has 0 atom stereocenters. The first kappa shape index (κ1) is 11.0. The average Bonchev–Trinajstić information content (AvgIpc) is 2.90. The lowest BCUT2D eigenvalue weighted by atomic mass is 10.2. The number of anilines is 1. The second-order valence-corrected chi connectivity index (χ2v) is 5.06. The summed E-state index contributed by atoms with van der Waals surface area (Å²) in [6.45, 7) is 0.728. The van der Waals surface area contributed by atoms with Crippen molar-refractivity contribution in [3.8, 4) is 0 Å². The molecule has 3 nitrogen and oxygen atoms in total. The SMILES string of the molecule is O=c1[nH]c(NCc2cccs2)cc2ccccc12. The summed E-state index contributed by atoms with van der Waals surface area (Å²) in [5, 5.41) is 6.95. The predicted molar refractivity (Wildman–Crippen MR) is 76.2 cm³/mol. The fraction of sp³-hybridized carbons (Fsp3) is 0.0714. The lowest BCUT2D eigenvalue weighted by Crippen LogP contribution is -2.10. The van der Waals surface area contributed by atoms with Gasteiger partial charge in [-0.25, -0.2) is 0 Å². The molecule has 4 heteroatoms. The van der Waals surface area contributed by atoms with Gasteiger partial charge in [0.1, 0.15) is 5.82 Å². The fourth-order valence-corrected chi connectivity index (χ4v) is 2.55. The topological polar surface area (TPSA) is 44.9 Å². The van der Waals surface area contributed by atoms with Gasteiger partial charge in [-0.3, -0.25) is 4.79 Å². The third-order valence-corrected chi connectivity index (χ3v) is 3.66. The van der Waals surface area contributed by atoms with Crippen molar-refractivity contribution in [1.29, 1.82) is 0 Å². The molecule has 3 rings (SSSR count). The van der Waals surface area contributed by atoms with Gasteiger partial charge in [0.05, 0.1) is 6.54 Å². The van der Waals surface area contributed by atoms with Crippen molar-refractivity contribution in [1.82, 2.24) is 4.98 Å². The van der Waals surface area contributed by atoms with E-state index in [1.165, 1.54) is 4.88 Å². The van der Waals surface area contributed by atoms with Crippen LogP contribution in [0, 0.1) is 0 Å². The summed E-state index contributed by atoms with van der Waals surface area (Å²) < 4.78 is 0. The normalized spacial score (nSPS) is 10.7. The van der Waals surface area contributed by atoms with Gasteiger partial charge in [0.25, 0.3) is 5.56 Å². The maximum Gasteiger partial charge on any atom is 0.257 e. The van der Waals surface area contributed by atoms with Crippen molar-refractivity contribution < 1.29 is 0 Å². The Morgan fingerprint density at radius 1 is 1.17 bits per heavy atom. The van der Waals surface area contributed by atoms with Crippen LogP contribution in [0.5, 0.6) is 0 Å². The number of H-pyrrole nitrogens is 1. The van der Waals surface area contributed by atoms with Crippen LogP contribution in [0.3, 0.4) is 0 Å². The van der Waals surface area contributed by atoms with Gasteiger partial charge in [-0.05, 0) is 29.0 Å². The number of hydrogen-bond acceptors (Lipinski definition) is 3. The molecule has 0 aliphatic rings. The maximum absolute atomic E-state index is 11.9. The molecule has 0 aliphatic heterocycles. The number of thiophene rings is 1. The molecule has 0 unspecified atom stereocenters. The van der Waals surface area contributed by atoms with Gasteiger partial charge in [0, 0.05) is 10.3 Å². The summed E-state index contributed by atoms with van der Waals surface area (Å²) in [5.74, 6) is 0.757. The Morgan fingerprint density at radius 2 is 2.06 bits per heavy atom. The lowest BCUT2D eigenvalue weighted by Gasteiger charge is -2.06. The van der Waals surface area contributed by atoms with E-state index >= 15 is 0 Å². The van der Waals surface area contributed by atoms with Crippen LogP contribution in [-0.2, 0) is 6.54 Å². The molecule has 0 radical (unpaired) electrons. The van der Waals surface area contributed by atoms with Crippen LogP contribution in [-0.4, -0.2) is 4.98 Å². The molecule has 0 saturated heterocycles. The molecule has 0 aliphatic carbocycles. The number of hydrogen-bond donors (Lipinski definition) is 2. The summed E-state index contributed by atoms with van der Waals surface area (Å²) >= 11 is 1.70. The predicted octanol–water partition coefficient (Wildman–Crippen LogP) is 3.20. The van der Waals surface area contributed by atoms with Crippen molar-refractivity contribution in [3.05, 3.63) is 63.1 Å². The Balaban J connectivity index is 1.91. The van der Waals surface area contributed by atoms with Crippen molar-refractivity contribution in [2.24, 2.45) is 0 Å². The van der Waals surface area contributed by atoms with Gasteiger partial charge < -0.3 is 10.3 Å². The zero-order valence-electron chi connectivity index (χ0n) is 9.64. The van der Waals surface area contributed by atoms with E-state index in [1.807, 2.05) is 41.8 Å². The highest BCUT2D eigenvalue weighted by Gasteiger charge is 2.01. The number of nitrogens with one attached hydrogen (secondary N) is 2. The summed E-state index contributed by atoms with van der Waals surface area (Å²) in [7, 11) is 0. The Bertz CT molecular complexity index is 716. The monoisotopic (exact) mass is 256 g/mol. The van der Waals surface area contributed by atoms with E-state index in [0.29, 0.717) is 0 Å². The zero-order chi connectivity index (χ0) is 12.4. The average molecular weight is 256 g/mol. The highest BCUT2D eigenvalue weighted by Crippen LogP contribution is 2.15. The van der Waals surface area contributed by atoms with Gasteiger partial charge in [-0.1, -0.05) is 24.3 Å². The Morgan fingerprint density at radius 3 is 2.89 bits per heavy atom. The summed E-state index contributed by atoms with van der Waals surface area (Å²) in [6.07, 6.45) is 0. The van der Waals surface area contributed by atoms with Crippen molar-refractivity contribution >= 4 is 27.9 Å². The van der Waals surface area contributed by atoms with Crippen molar-refractivity contribution in [2.75, 3.05) is 5.32 Å². The summed E-state index contributed by atoms with van der Waals surface area (Å²) in [4.78, 5) is 16.0. The van der Waals surface area contributed by atoms with E-state index in [-0.39, 0.29) is 5.56 Å². The minimum atomic E-state index is -0.0539. The number of aromatic nitrogens is 1. The summed E-state index contributed by atoms with van der Waals surface area (Å²) in [5.41, 5.74) is -0.0539. The lowest BCUT2D eigenvalue weighted by molar-refractivity contribution is 1.13. The van der Waals surface area contributed by atoms with Crippen LogP contribution >= 0.6 is 11.3 Å². The zero-order valence-corrected chi connectivity index (χ0v) is 10.5. The standard InChI is InChI=1S/C14H12N2OS/c17-14-12-6-2-1-4-10(12)8-13(16-14)15-9-11-5-3-7-18-11/h1-8H,9H2,(H2,15,16,17). The fourth-order valence-electron chi connectivity index (χ4n) is 1.90. The third kappa shape index (κ3) is 2.15. The highest BCUT2D eigenvalue weighted by atomic mass is 32.1. The molecule has 0 saturated carbocycles. The molecule has 18 heavy (non-hydrogen) atoms. The number of benzene rings is 1. The van der Waals surface area contributed by atoms with Crippen molar-refractivity contribution in [2.45, 2.75) is 6.54 Å². The van der Waals surface area contributed by atoms with Gasteiger partial charge in [0.2, 0.25) is 0 Å². The number of fused-ring (bicyclic) bond motifs is 1. The molecular weight excluding hydrogens is 244 g/mol. The minimum absolute atomic E-state index is 0.0539. The molecule has 0 bridgehead atoms. The van der Waals surface area contributed by atoms with Crippen LogP contribution in [0.4, 0.5) is 5.82 Å². The maximum atomic E-state index is 11.9. The molecule has 2 aromatic heterocycles. The Kier molecular flexibility index (Phi) is 2.86. The molecule has 90 valence electrons. The molecule has 3 aromatic rings. The number of rotatable bonds is 3. The second-order valence-electron chi connectivity index (χ2n) is 4.03. The van der Waals surface area contributed by atoms with Gasteiger partial charge in [0.15, 0.2) is 0 Å². The molecule has 0 fully saturated rings. The van der Waals surface area contributed by atoms with Crippen LogP contribution in [0.1, 0.15) is 4.88 Å². The second kappa shape index (κ2) is 4.66. The first-order chi connectivity index (χ1) is 8.83. The Hall–Kier alpha value is -2.07. The van der Waals surface area contributed by atoms with Crippen LogP contribution in [0.2, 0.25) is 0 Å². The molecule has 2 heterocycles.